The van der Waals surface area contributed by atoms with Gasteiger partial charge in [0.15, 0.2) is 9.63 Å². The van der Waals surface area contributed by atoms with E-state index in [1.807, 2.05) is 6.19 Å². The summed E-state index contributed by atoms with van der Waals surface area (Å²) in [6.45, 7) is 0.762. The number of halogens is 1. The third-order valence-corrected chi connectivity index (χ3v) is 5.44. The lowest BCUT2D eigenvalue weighted by Gasteiger charge is -2.24. The number of nitriles is 1. The van der Waals surface area contributed by atoms with Gasteiger partial charge in [-0.1, -0.05) is 23.4 Å². The van der Waals surface area contributed by atoms with Gasteiger partial charge in [0.25, 0.3) is 0 Å². The first kappa shape index (κ1) is 11.3. The molecule has 0 aromatic carbocycles. The zero-order valence-corrected chi connectivity index (χ0v) is 11.3. The summed E-state index contributed by atoms with van der Waals surface area (Å²) in [4.78, 5) is 11.3. The number of aliphatic imine (C=N–C) groups is 1. The van der Waals surface area contributed by atoms with Gasteiger partial charge >= 0.3 is 0 Å². The van der Waals surface area contributed by atoms with E-state index in [4.69, 9.17) is 16.9 Å². The molecule has 1 aliphatic heterocycles. The van der Waals surface area contributed by atoms with E-state index in [1.54, 1.807) is 18.0 Å². The van der Waals surface area contributed by atoms with E-state index in [-0.39, 0.29) is 5.54 Å². The molecule has 0 bridgehead atoms. The van der Waals surface area contributed by atoms with Crippen molar-refractivity contribution in [2.75, 3.05) is 5.75 Å². The van der Waals surface area contributed by atoms with Gasteiger partial charge in [-0.15, -0.1) is 16.3 Å². The fraction of sp³-hybridized carbons (Fsp3) is 0.500. The summed E-state index contributed by atoms with van der Waals surface area (Å²) in [5.41, 5.74) is 0.247. The van der Waals surface area contributed by atoms with E-state index in [2.05, 4.69) is 14.9 Å². The highest BCUT2D eigenvalue weighted by Gasteiger charge is 2.53. The van der Waals surface area contributed by atoms with E-state index in [0.29, 0.717) is 4.47 Å². The van der Waals surface area contributed by atoms with Crippen LogP contribution in [0.5, 0.6) is 0 Å². The molecule has 0 N–H and O–H groups in total. The molecule has 88 valence electrons. The molecule has 2 heterocycles. The molecular formula is C10H9ClN4S2. The molecule has 17 heavy (non-hydrogen) atoms. The fourth-order valence-electron chi connectivity index (χ4n) is 2.00. The van der Waals surface area contributed by atoms with Crippen LogP contribution >= 0.6 is 34.7 Å². The largest absolute Gasteiger partial charge is 0.339 e. The van der Waals surface area contributed by atoms with Crippen LogP contribution in [0.2, 0.25) is 4.47 Å². The van der Waals surface area contributed by atoms with E-state index in [9.17, 15) is 0 Å². The molecule has 3 rings (SSSR count). The molecule has 1 aromatic heterocycles. The first-order valence-electron chi connectivity index (χ1n) is 5.21. The average Bonchev–Trinajstić information content (AvgIpc) is 2.87. The van der Waals surface area contributed by atoms with Crippen LogP contribution in [0.1, 0.15) is 17.7 Å². The maximum absolute atomic E-state index is 8.70. The van der Waals surface area contributed by atoms with Crippen LogP contribution in [0.4, 0.5) is 0 Å². The van der Waals surface area contributed by atoms with E-state index < -0.39 is 0 Å². The third kappa shape index (κ3) is 2.03. The lowest BCUT2D eigenvalue weighted by molar-refractivity contribution is 0.326. The van der Waals surface area contributed by atoms with Crippen molar-refractivity contribution in [3.8, 4) is 6.19 Å². The molecule has 1 aromatic rings. The van der Waals surface area contributed by atoms with Crippen molar-refractivity contribution >= 4 is 39.9 Å². The number of amidine groups is 1. The zero-order chi connectivity index (χ0) is 11.9. The van der Waals surface area contributed by atoms with E-state index >= 15 is 0 Å². The number of hydrogen-bond acceptors (Lipinski definition) is 5. The molecule has 2 fully saturated rings. The van der Waals surface area contributed by atoms with Crippen molar-refractivity contribution in [3.05, 3.63) is 15.5 Å². The Morgan fingerprint density at radius 1 is 1.65 bits per heavy atom. The highest BCUT2D eigenvalue weighted by Crippen LogP contribution is 2.51. The summed E-state index contributed by atoms with van der Waals surface area (Å²) in [5, 5.41) is 9.54. The first-order chi connectivity index (χ1) is 8.23. The summed E-state index contributed by atoms with van der Waals surface area (Å²) in [7, 11) is 0. The monoisotopic (exact) mass is 284 g/mol. The molecule has 0 unspecified atom stereocenters. The lowest BCUT2D eigenvalue weighted by atomic mass is 10.2. The van der Waals surface area contributed by atoms with Crippen LogP contribution in [0.25, 0.3) is 0 Å². The topological polar surface area (TPSA) is 52.3 Å². The molecule has 1 saturated heterocycles. The van der Waals surface area contributed by atoms with Crippen LogP contribution in [0, 0.1) is 11.5 Å². The molecule has 2 aliphatic rings. The zero-order valence-electron chi connectivity index (χ0n) is 8.89. The minimum Gasteiger partial charge on any atom is -0.339 e. The predicted molar refractivity (Wildman–Crippen MR) is 70.1 cm³/mol. The number of nitrogens with zero attached hydrogens (tertiary/aromatic N) is 4. The highest BCUT2D eigenvalue weighted by atomic mass is 35.5. The van der Waals surface area contributed by atoms with Crippen molar-refractivity contribution in [2.24, 2.45) is 4.99 Å². The van der Waals surface area contributed by atoms with Crippen LogP contribution in [-0.4, -0.2) is 26.3 Å². The second kappa shape index (κ2) is 4.16. The number of thioether (sulfide) groups is 1. The molecular weight excluding hydrogens is 276 g/mol. The standard InChI is InChI=1S/C10H9ClN4S2/c11-8-13-3-7(17-8)4-15-9(14-6-12)16-5-10(15)1-2-10/h3H,1-2,4-5H2. The van der Waals surface area contributed by atoms with Crippen molar-refractivity contribution in [1.82, 2.24) is 9.88 Å². The highest BCUT2D eigenvalue weighted by molar-refractivity contribution is 8.14. The summed E-state index contributed by atoms with van der Waals surface area (Å²) >= 11 is 9.00. The van der Waals surface area contributed by atoms with Gasteiger partial charge in [0.2, 0.25) is 6.19 Å². The van der Waals surface area contributed by atoms with E-state index in [1.165, 1.54) is 24.2 Å². The maximum Gasteiger partial charge on any atom is 0.208 e. The third-order valence-electron chi connectivity index (χ3n) is 3.09. The molecule has 0 amide bonds. The summed E-state index contributed by atoms with van der Waals surface area (Å²) in [5.74, 6) is 1.04. The quantitative estimate of drug-likeness (QED) is 0.784. The molecule has 1 aliphatic carbocycles. The molecule has 0 atom stereocenters. The molecule has 0 radical (unpaired) electrons. The number of rotatable bonds is 2. The Balaban J connectivity index is 1.84. The molecule has 4 nitrogen and oxygen atoms in total. The van der Waals surface area contributed by atoms with Crippen molar-refractivity contribution < 1.29 is 0 Å². The van der Waals surface area contributed by atoms with Crippen LogP contribution in [0.3, 0.4) is 0 Å². The number of hydrogen-bond donors (Lipinski definition) is 0. The minimum atomic E-state index is 0.247. The minimum absolute atomic E-state index is 0.247. The van der Waals surface area contributed by atoms with Crippen LogP contribution < -0.4 is 0 Å². The number of aromatic nitrogens is 1. The average molecular weight is 285 g/mol. The van der Waals surface area contributed by atoms with Crippen molar-refractivity contribution in [2.45, 2.75) is 24.9 Å². The first-order valence-corrected chi connectivity index (χ1v) is 7.39. The smallest absolute Gasteiger partial charge is 0.208 e. The Morgan fingerprint density at radius 2 is 2.47 bits per heavy atom. The summed E-state index contributed by atoms with van der Waals surface area (Å²) in [6, 6.07) is 0. The Labute approximate surface area is 112 Å². The summed E-state index contributed by atoms with van der Waals surface area (Å²) < 4.78 is 0.565. The van der Waals surface area contributed by atoms with Gasteiger partial charge in [-0.3, -0.25) is 0 Å². The normalized spacial score (nSPS) is 23.3. The Hall–Kier alpha value is -0.770. The van der Waals surface area contributed by atoms with Gasteiger partial charge in [0, 0.05) is 16.8 Å². The molecule has 1 spiro atoms. The van der Waals surface area contributed by atoms with Gasteiger partial charge < -0.3 is 4.90 Å². The van der Waals surface area contributed by atoms with Crippen molar-refractivity contribution in [1.29, 1.82) is 5.26 Å². The predicted octanol–water partition coefficient (Wildman–Crippen LogP) is 2.71. The molecule has 7 heteroatoms. The molecule has 1 saturated carbocycles. The van der Waals surface area contributed by atoms with Gasteiger partial charge in [0.05, 0.1) is 12.1 Å². The maximum atomic E-state index is 8.70. The second-order valence-electron chi connectivity index (χ2n) is 4.17. The van der Waals surface area contributed by atoms with Gasteiger partial charge in [-0.2, -0.15) is 5.26 Å². The summed E-state index contributed by atoms with van der Waals surface area (Å²) in [6.07, 6.45) is 6.07. The second-order valence-corrected chi connectivity index (χ2v) is 6.81. The fourth-order valence-corrected chi connectivity index (χ4v) is 4.33. The Kier molecular flexibility index (Phi) is 2.77. The lowest BCUT2D eigenvalue weighted by Crippen LogP contribution is -2.34. The Morgan fingerprint density at radius 3 is 3.06 bits per heavy atom. The van der Waals surface area contributed by atoms with Crippen LogP contribution in [0.15, 0.2) is 11.2 Å². The van der Waals surface area contributed by atoms with Gasteiger partial charge in [-0.25, -0.2) is 4.98 Å². The van der Waals surface area contributed by atoms with Crippen LogP contribution in [-0.2, 0) is 6.54 Å². The SMILES string of the molecule is N#CN=C1SCC2(CC2)N1Cc1cnc(Cl)s1. The van der Waals surface area contributed by atoms with E-state index in [0.717, 1.165) is 22.3 Å². The Bertz CT molecular complexity index is 515. The van der Waals surface area contributed by atoms with Crippen molar-refractivity contribution in [3.63, 3.8) is 0 Å². The van der Waals surface area contributed by atoms with Gasteiger partial charge in [-0.05, 0) is 12.8 Å². The van der Waals surface area contributed by atoms with Gasteiger partial charge in [0.1, 0.15) is 0 Å². The number of thiazole rings is 1.